The van der Waals surface area contributed by atoms with Gasteiger partial charge < -0.3 is 15.2 Å². The molecule has 1 heterocycles. The first-order valence-electron chi connectivity index (χ1n) is 7.05. The van der Waals surface area contributed by atoms with Crippen molar-refractivity contribution < 1.29 is 0 Å². The molecule has 0 spiro atoms. The molecule has 120 valence electrons. The van der Waals surface area contributed by atoms with Crippen LogP contribution in [0.2, 0.25) is 0 Å². The summed E-state index contributed by atoms with van der Waals surface area (Å²) in [5, 5.41) is 6.61. The van der Waals surface area contributed by atoms with Crippen molar-refractivity contribution in [3.8, 4) is 0 Å². The Morgan fingerprint density at radius 2 is 1.86 bits per heavy atom. The van der Waals surface area contributed by atoms with Crippen LogP contribution < -0.4 is 10.6 Å². The highest BCUT2D eigenvalue weighted by molar-refractivity contribution is 14.0. The number of nitrogens with zero attached hydrogens (tertiary/aromatic N) is 2. The van der Waals surface area contributed by atoms with Crippen LogP contribution in [0.5, 0.6) is 0 Å². The molecule has 0 bridgehead atoms. The number of rotatable bonds is 5. The van der Waals surface area contributed by atoms with Crippen molar-refractivity contribution in [2.45, 2.75) is 20.0 Å². The molecule has 0 radical (unpaired) electrons. The third kappa shape index (κ3) is 6.39. The van der Waals surface area contributed by atoms with Gasteiger partial charge in [0, 0.05) is 37.0 Å². The molecule has 6 heteroatoms. The minimum Gasteiger partial charge on any atom is -0.357 e. The second-order valence-electron chi connectivity index (χ2n) is 4.86. The first kappa shape index (κ1) is 19.0. The lowest BCUT2D eigenvalue weighted by Crippen LogP contribution is -2.36. The van der Waals surface area contributed by atoms with E-state index in [4.69, 9.17) is 0 Å². The van der Waals surface area contributed by atoms with Gasteiger partial charge in [-0.2, -0.15) is 0 Å². The molecule has 2 N–H and O–H groups in total. The van der Waals surface area contributed by atoms with E-state index in [-0.39, 0.29) is 24.0 Å². The van der Waals surface area contributed by atoms with Crippen molar-refractivity contribution in [3.05, 3.63) is 58.3 Å². The van der Waals surface area contributed by atoms with E-state index in [0.29, 0.717) is 6.54 Å². The Balaban J connectivity index is 0.00000242. The summed E-state index contributed by atoms with van der Waals surface area (Å²) >= 11 is 3.44. The van der Waals surface area contributed by atoms with Crippen LogP contribution >= 0.6 is 39.9 Å². The largest absolute Gasteiger partial charge is 0.357 e. The maximum atomic E-state index is 4.60. The van der Waals surface area contributed by atoms with Gasteiger partial charge in [0.2, 0.25) is 0 Å². The van der Waals surface area contributed by atoms with E-state index in [9.17, 15) is 0 Å². The van der Waals surface area contributed by atoms with Gasteiger partial charge in [-0.3, -0.25) is 0 Å². The number of aromatic nitrogens is 1. The number of hydrogen-bond acceptors (Lipinski definition) is 1. The van der Waals surface area contributed by atoms with Gasteiger partial charge in [0.15, 0.2) is 5.96 Å². The third-order valence-corrected chi connectivity index (χ3v) is 3.56. The van der Waals surface area contributed by atoms with Gasteiger partial charge in [-0.15, -0.1) is 24.0 Å². The van der Waals surface area contributed by atoms with Crippen LogP contribution in [0.4, 0.5) is 0 Å². The molecule has 1 aromatic heterocycles. The molecule has 0 atom stereocenters. The normalized spacial score (nSPS) is 11.0. The summed E-state index contributed by atoms with van der Waals surface area (Å²) in [6.07, 6.45) is 4.12. The van der Waals surface area contributed by atoms with Gasteiger partial charge in [0.05, 0.1) is 6.54 Å². The average molecular weight is 477 g/mol. The van der Waals surface area contributed by atoms with Gasteiger partial charge in [-0.05, 0) is 36.2 Å². The van der Waals surface area contributed by atoms with Gasteiger partial charge in [-0.25, -0.2) is 4.99 Å². The minimum atomic E-state index is 0. The van der Waals surface area contributed by atoms with Gasteiger partial charge in [-0.1, -0.05) is 28.1 Å². The fourth-order valence-electron chi connectivity index (χ4n) is 1.95. The van der Waals surface area contributed by atoms with Crippen LogP contribution in [0.3, 0.4) is 0 Å². The Morgan fingerprint density at radius 1 is 1.14 bits per heavy atom. The van der Waals surface area contributed by atoms with Crippen LogP contribution in [0.25, 0.3) is 0 Å². The van der Waals surface area contributed by atoms with Gasteiger partial charge in [0.1, 0.15) is 0 Å². The number of benzene rings is 1. The number of halogens is 2. The first-order chi connectivity index (χ1) is 10.2. The molecule has 0 aliphatic rings. The maximum absolute atomic E-state index is 4.60. The van der Waals surface area contributed by atoms with E-state index >= 15 is 0 Å². The number of nitrogens with one attached hydrogen (secondary N) is 2. The number of hydrogen-bond donors (Lipinski definition) is 2. The zero-order valence-electron chi connectivity index (χ0n) is 12.8. The lowest BCUT2D eigenvalue weighted by atomic mass is 10.2. The Hall–Kier alpha value is -1.02. The predicted molar refractivity (Wildman–Crippen MR) is 107 cm³/mol. The van der Waals surface area contributed by atoms with Crippen LogP contribution in [0.1, 0.15) is 18.1 Å². The van der Waals surface area contributed by atoms with Crippen molar-refractivity contribution >= 4 is 45.9 Å². The monoisotopic (exact) mass is 476 g/mol. The SMILES string of the molecule is CCNC(=NCc1ccn(C)c1)NCc1ccc(Br)cc1.I. The molecular weight excluding hydrogens is 455 g/mol. The van der Waals surface area contributed by atoms with Crippen molar-refractivity contribution in [2.24, 2.45) is 12.0 Å². The van der Waals surface area contributed by atoms with Crippen LogP contribution in [0, 0.1) is 0 Å². The molecule has 0 unspecified atom stereocenters. The van der Waals surface area contributed by atoms with E-state index in [1.54, 1.807) is 0 Å². The smallest absolute Gasteiger partial charge is 0.191 e. The zero-order valence-corrected chi connectivity index (χ0v) is 16.8. The highest BCUT2D eigenvalue weighted by Crippen LogP contribution is 2.10. The molecule has 0 aliphatic heterocycles. The van der Waals surface area contributed by atoms with E-state index in [2.05, 4.69) is 62.9 Å². The summed E-state index contributed by atoms with van der Waals surface area (Å²) in [5.41, 5.74) is 2.43. The summed E-state index contributed by atoms with van der Waals surface area (Å²) in [4.78, 5) is 4.60. The highest BCUT2D eigenvalue weighted by Gasteiger charge is 1.99. The molecule has 0 aliphatic carbocycles. The van der Waals surface area contributed by atoms with Crippen LogP contribution in [0.15, 0.2) is 52.2 Å². The Morgan fingerprint density at radius 3 is 2.45 bits per heavy atom. The standard InChI is InChI=1S/C16H21BrN4.HI/c1-3-18-16(20-11-14-8-9-21(2)12-14)19-10-13-4-6-15(17)7-5-13;/h4-9,12H,3,10-11H2,1-2H3,(H2,18,19,20);1H. The number of aliphatic imine (C=N–C) groups is 1. The summed E-state index contributed by atoms with van der Waals surface area (Å²) in [7, 11) is 2.02. The molecule has 0 fully saturated rings. The first-order valence-corrected chi connectivity index (χ1v) is 7.84. The Labute approximate surface area is 157 Å². The lowest BCUT2D eigenvalue weighted by Gasteiger charge is -2.11. The molecule has 2 rings (SSSR count). The second-order valence-corrected chi connectivity index (χ2v) is 5.78. The van der Waals surface area contributed by atoms with Crippen molar-refractivity contribution in [3.63, 3.8) is 0 Å². The van der Waals surface area contributed by atoms with Crippen LogP contribution in [-0.2, 0) is 20.1 Å². The molecular formula is C16H22BrIN4. The van der Waals surface area contributed by atoms with E-state index in [0.717, 1.165) is 23.5 Å². The minimum absolute atomic E-state index is 0. The van der Waals surface area contributed by atoms with Gasteiger partial charge in [0.25, 0.3) is 0 Å². The Kier molecular flexibility index (Phi) is 8.55. The fourth-order valence-corrected chi connectivity index (χ4v) is 2.22. The van der Waals surface area contributed by atoms with Crippen molar-refractivity contribution in [2.75, 3.05) is 6.54 Å². The Bertz CT molecular complexity index is 592. The fraction of sp³-hybridized carbons (Fsp3) is 0.312. The molecule has 1 aromatic carbocycles. The molecule has 0 amide bonds. The number of guanidine groups is 1. The topological polar surface area (TPSA) is 41.4 Å². The molecule has 4 nitrogen and oxygen atoms in total. The van der Waals surface area contributed by atoms with Crippen LogP contribution in [-0.4, -0.2) is 17.1 Å². The quantitative estimate of drug-likeness (QED) is 0.393. The van der Waals surface area contributed by atoms with E-state index in [1.807, 2.05) is 29.9 Å². The van der Waals surface area contributed by atoms with Crippen molar-refractivity contribution in [1.82, 2.24) is 15.2 Å². The summed E-state index contributed by atoms with van der Waals surface area (Å²) in [6.45, 7) is 4.35. The van der Waals surface area contributed by atoms with E-state index in [1.165, 1.54) is 11.1 Å². The maximum Gasteiger partial charge on any atom is 0.191 e. The summed E-state index contributed by atoms with van der Waals surface area (Å²) in [6, 6.07) is 10.4. The molecule has 22 heavy (non-hydrogen) atoms. The number of aryl methyl sites for hydroxylation is 1. The molecule has 0 saturated carbocycles. The predicted octanol–water partition coefficient (Wildman–Crippen LogP) is 3.66. The van der Waals surface area contributed by atoms with Crippen molar-refractivity contribution in [1.29, 1.82) is 0 Å². The lowest BCUT2D eigenvalue weighted by molar-refractivity contribution is 0.815. The summed E-state index contributed by atoms with van der Waals surface area (Å²) in [5.74, 6) is 0.837. The van der Waals surface area contributed by atoms with Gasteiger partial charge >= 0.3 is 0 Å². The highest BCUT2D eigenvalue weighted by atomic mass is 127. The van der Waals surface area contributed by atoms with E-state index < -0.39 is 0 Å². The zero-order chi connectivity index (χ0) is 15.1. The third-order valence-electron chi connectivity index (χ3n) is 3.03. The second kappa shape index (κ2) is 9.89. The summed E-state index contributed by atoms with van der Waals surface area (Å²) < 4.78 is 3.13. The molecule has 2 aromatic rings. The molecule has 0 saturated heterocycles. The average Bonchev–Trinajstić information content (AvgIpc) is 2.89.